The van der Waals surface area contributed by atoms with Crippen molar-refractivity contribution in [3.8, 4) is 16.3 Å². The van der Waals surface area contributed by atoms with Gasteiger partial charge >= 0.3 is 6.09 Å². The van der Waals surface area contributed by atoms with Crippen LogP contribution >= 0.6 is 11.3 Å². The molecule has 0 spiro atoms. The van der Waals surface area contributed by atoms with Crippen molar-refractivity contribution < 1.29 is 27.9 Å². The molecule has 12 heteroatoms. The van der Waals surface area contributed by atoms with Crippen LogP contribution in [-0.4, -0.2) is 48.9 Å². The van der Waals surface area contributed by atoms with Crippen molar-refractivity contribution in [2.24, 2.45) is 0 Å². The zero-order valence-electron chi connectivity index (χ0n) is 20.0. The number of anilines is 1. The third-order valence-electron chi connectivity index (χ3n) is 5.13. The van der Waals surface area contributed by atoms with Crippen LogP contribution in [0, 0.1) is 0 Å². The number of hydrogen-bond donors (Lipinski definition) is 2. The number of benzene rings is 2. The molecule has 0 atom stereocenters. The Kier molecular flexibility index (Phi) is 9.37. The quantitative estimate of drug-likeness (QED) is 0.318. The summed E-state index contributed by atoms with van der Waals surface area (Å²) in [5, 5.41) is 18.0. The maximum atomic E-state index is 13.3. The summed E-state index contributed by atoms with van der Waals surface area (Å²) in [4.78, 5) is 25.4. The molecule has 0 unspecified atom stereocenters. The molecule has 0 aliphatic carbocycles. The Hall–Kier alpha value is -3.51. The summed E-state index contributed by atoms with van der Waals surface area (Å²) in [6, 6.07) is 12.6. The van der Waals surface area contributed by atoms with Crippen LogP contribution in [0.15, 0.2) is 53.4 Å². The van der Waals surface area contributed by atoms with Crippen molar-refractivity contribution >= 4 is 38.5 Å². The van der Waals surface area contributed by atoms with Gasteiger partial charge in [0.15, 0.2) is 0 Å². The summed E-state index contributed by atoms with van der Waals surface area (Å²) in [6.45, 7) is 5.22. The average Bonchev–Trinajstić information content (AvgIpc) is 3.34. The molecule has 10 nitrogen and oxygen atoms in total. The second kappa shape index (κ2) is 12.5. The van der Waals surface area contributed by atoms with E-state index in [1.54, 1.807) is 29.2 Å². The summed E-state index contributed by atoms with van der Waals surface area (Å²) in [5.41, 5.74) is 1.09. The molecular weight excluding hydrogens is 504 g/mol. The van der Waals surface area contributed by atoms with E-state index in [0.29, 0.717) is 40.2 Å². The minimum absolute atomic E-state index is 0.194. The summed E-state index contributed by atoms with van der Waals surface area (Å²) in [7, 11) is -4.17. The normalized spacial score (nSPS) is 11.2. The number of carboxylic acid groups (broad SMARTS) is 1. The van der Waals surface area contributed by atoms with Gasteiger partial charge in [-0.1, -0.05) is 50.2 Å². The Labute approximate surface area is 214 Å². The van der Waals surface area contributed by atoms with Crippen molar-refractivity contribution in [2.45, 2.75) is 44.4 Å². The minimum Gasteiger partial charge on any atom is -0.494 e. The fourth-order valence-electron chi connectivity index (χ4n) is 3.18. The van der Waals surface area contributed by atoms with Crippen molar-refractivity contribution in [1.82, 2.24) is 14.9 Å². The first-order valence-electron chi connectivity index (χ1n) is 11.5. The smallest absolute Gasteiger partial charge is 0.418 e. The van der Waals surface area contributed by atoms with E-state index in [-0.39, 0.29) is 10.8 Å². The molecule has 3 rings (SSSR count). The first-order valence-corrected chi connectivity index (χ1v) is 13.8. The highest BCUT2D eigenvalue weighted by Crippen LogP contribution is 2.30. The third kappa shape index (κ3) is 7.01. The highest BCUT2D eigenvalue weighted by atomic mass is 32.2. The summed E-state index contributed by atoms with van der Waals surface area (Å²) < 4.78 is 31.2. The van der Waals surface area contributed by atoms with E-state index in [4.69, 9.17) is 9.84 Å². The summed E-state index contributed by atoms with van der Waals surface area (Å²) in [5.74, 6) is 0.509. The molecule has 3 aromatic rings. The van der Waals surface area contributed by atoms with Crippen LogP contribution in [0.1, 0.15) is 49.9 Å². The lowest BCUT2D eigenvalue weighted by molar-refractivity contribution is 0.0986. The molecule has 0 fully saturated rings. The lowest BCUT2D eigenvalue weighted by Crippen LogP contribution is -2.31. The summed E-state index contributed by atoms with van der Waals surface area (Å²) in [6.07, 6.45) is 2.01. The molecule has 36 heavy (non-hydrogen) atoms. The standard InChI is InChI=1S/C24H28N4O6S2/c1-3-5-15-28(22(29)18-7-11-19(12-8-18)34-16-6-4-2)23-26-25-21(35-23)17-9-13-20(14-10-17)36(32,33)27-24(30)31/h7-14,27H,3-6,15-16H2,1-2H3,(H,30,31). The van der Waals surface area contributed by atoms with Crippen molar-refractivity contribution in [1.29, 1.82) is 0 Å². The van der Waals surface area contributed by atoms with Crippen LogP contribution in [0.25, 0.3) is 10.6 Å². The van der Waals surface area contributed by atoms with Crippen molar-refractivity contribution in [2.75, 3.05) is 18.1 Å². The minimum atomic E-state index is -4.17. The first kappa shape index (κ1) is 27.1. The Bertz CT molecular complexity index is 1270. The Balaban J connectivity index is 1.79. The second-order valence-corrected chi connectivity index (χ2v) is 10.5. The van der Waals surface area contributed by atoms with E-state index in [9.17, 15) is 18.0 Å². The lowest BCUT2D eigenvalue weighted by atomic mass is 10.2. The fourth-order valence-corrected chi connectivity index (χ4v) is 4.89. The second-order valence-electron chi connectivity index (χ2n) is 7.86. The van der Waals surface area contributed by atoms with Crippen LogP contribution in [-0.2, 0) is 10.0 Å². The molecule has 1 aromatic heterocycles. The number of rotatable bonds is 12. The number of carbonyl (C=O) groups excluding carboxylic acids is 1. The molecular formula is C24H28N4O6S2. The van der Waals surface area contributed by atoms with Crippen LogP contribution < -0.4 is 14.4 Å². The number of aromatic nitrogens is 2. The highest BCUT2D eigenvalue weighted by molar-refractivity contribution is 7.90. The largest absolute Gasteiger partial charge is 0.494 e. The Morgan fingerprint density at radius 3 is 2.28 bits per heavy atom. The highest BCUT2D eigenvalue weighted by Gasteiger charge is 2.22. The number of carbonyl (C=O) groups is 2. The van der Waals surface area contributed by atoms with E-state index >= 15 is 0 Å². The first-order chi connectivity index (χ1) is 17.2. The van der Waals surface area contributed by atoms with E-state index < -0.39 is 16.1 Å². The van der Waals surface area contributed by atoms with Gasteiger partial charge in [-0.3, -0.25) is 9.69 Å². The van der Waals surface area contributed by atoms with Gasteiger partial charge in [-0.15, -0.1) is 10.2 Å². The molecule has 0 saturated carbocycles. The van der Waals surface area contributed by atoms with Gasteiger partial charge in [0, 0.05) is 17.7 Å². The van der Waals surface area contributed by atoms with Gasteiger partial charge in [0.1, 0.15) is 10.8 Å². The van der Waals surface area contributed by atoms with Crippen LogP contribution in [0.2, 0.25) is 0 Å². The molecule has 1 heterocycles. The predicted molar refractivity (Wildman–Crippen MR) is 137 cm³/mol. The van der Waals surface area contributed by atoms with E-state index in [1.165, 1.54) is 40.3 Å². The number of amides is 2. The van der Waals surface area contributed by atoms with E-state index in [2.05, 4.69) is 17.1 Å². The fraction of sp³-hybridized carbons (Fsp3) is 0.333. The number of nitrogens with one attached hydrogen (secondary N) is 1. The van der Waals surface area contributed by atoms with Gasteiger partial charge in [-0.2, -0.15) is 0 Å². The lowest BCUT2D eigenvalue weighted by Gasteiger charge is -2.19. The van der Waals surface area contributed by atoms with Crippen molar-refractivity contribution in [3.05, 3.63) is 54.1 Å². The zero-order valence-corrected chi connectivity index (χ0v) is 21.6. The van der Waals surface area contributed by atoms with Crippen molar-refractivity contribution in [3.63, 3.8) is 0 Å². The molecule has 0 aliphatic rings. The molecule has 0 saturated heterocycles. The molecule has 0 radical (unpaired) electrons. The van der Waals surface area contributed by atoms with Gasteiger partial charge in [0.25, 0.3) is 15.9 Å². The predicted octanol–water partition coefficient (Wildman–Crippen LogP) is 4.79. The third-order valence-corrected chi connectivity index (χ3v) is 7.46. The number of sulfonamides is 1. The van der Waals surface area contributed by atoms with Crippen LogP contribution in [0.3, 0.4) is 0 Å². The molecule has 2 aromatic carbocycles. The van der Waals surface area contributed by atoms with Crippen LogP contribution in [0.4, 0.5) is 9.93 Å². The summed E-state index contributed by atoms with van der Waals surface area (Å²) >= 11 is 1.21. The Morgan fingerprint density at radius 2 is 1.67 bits per heavy atom. The molecule has 2 amide bonds. The van der Waals surface area contributed by atoms with Gasteiger partial charge in [-0.25, -0.2) is 17.9 Å². The monoisotopic (exact) mass is 532 g/mol. The molecule has 0 bridgehead atoms. The SMILES string of the molecule is CCCCOc1ccc(C(=O)N(CCCC)c2nnc(-c3ccc(S(=O)(=O)NC(=O)O)cc3)s2)cc1. The Morgan fingerprint density at radius 1 is 1.00 bits per heavy atom. The number of unbranched alkanes of at least 4 members (excludes halogenated alkanes) is 2. The van der Waals surface area contributed by atoms with Gasteiger partial charge in [-0.05, 0) is 49.2 Å². The molecule has 0 aliphatic heterocycles. The van der Waals surface area contributed by atoms with E-state index in [1.807, 2.05) is 6.92 Å². The topological polar surface area (TPSA) is 139 Å². The van der Waals surface area contributed by atoms with E-state index in [0.717, 1.165) is 25.7 Å². The van der Waals surface area contributed by atoms with Gasteiger partial charge < -0.3 is 9.84 Å². The van der Waals surface area contributed by atoms with Crippen LogP contribution in [0.5, 0.6) is 5.75 Å². The van der Waals surface area contributed by atoms with Gasteiger partial charge in [0.05, 0.1) is 11.5 Å². The number of nitrogens with zero attached hydrogens (tertiary/aromatic N) is 3. The zero-order chi connectivity index (χ0) is 26.1. The maximum Gasteiger partial charge on any atom is 0.418 e. The average molecular weight is 533 g/mol. The van der Waals surface area contributed by atoms with Gasteiger partial charge in [0.2, 0.25) is 5.13 Å². The number of ether oxygens (including phenoxy) is 1. The molecule has 2 N–H and O–H groups in total. The maximum absolute atomic E-state index is 13.3. The number of hydrogen-bond acceptors (Lipinski definition) is 8. The molecule has 192 valence electrons.